The largest absolute Gasteiger partial charge is 0.507 e. The van der Waals surface area contributed by atoms with Gasteiger partial charge in [-0.15, -0.1) is 0 Å². The number of carbonyl (C=O) groups excluding carboxylic acids is 7. The van der Waals surface area contributed by atoms with Gasteiger partial charge in [-0.25, -0.2) is 0 Å². The van der Waals surface area contributed by atoms with Crippen LogP contribution in [-0.2, 0) is 40.0 Å². The zero-order valence-corrected chi connectivity index (χ0v) is 41.2. The zero-order valence-electron chi connectivity index (χ0n) is 41.2. The Morgan fingerprint density at radius 3 is 1.88 bits per heavy atom. The number of nitrogens with zero attached hydrogens (tertiary/aromatic N) is 2. The molecule has 0 aromatic heterocycles. The molecule has 6 atom stereocenters. The lowest BCUT2D eigenvalue weighted by Crippen LogP contribution is -2.53. The van der Waals surface area contributed by atoms with E-state index in [-0.39, 0.29) is 72.2 Å². The number of rotatable bonds is 26. The molecule has 1 aliphatic heterocycles. The highest BCUT2D eigenvalue weighted by atomic mass is 16.3. The van der Waals surface area contributed by atoms with Crippen molar-refractivity contribution in [2.24, 2.45) is 5.92 Å². The number of amides is 5. The van der Waals surface area contributed by atoms with Crippen molar-refractivity contribution in [3.63, 3.8) is 0 Å². The normalized spacial score (nSPS) is 17.6. The molecule has 15 heteroatoms. The number of aliphatic hydroxyl groups excluding tert-OH is 1. The van der Waals surface area contributed by atoms with Gasteiger partial charge in [0, 0.05) is 69.3 Å². The van der Waals surface area contributed by atoms with Crippen molar-refractivity contribution in [2.75, 3.05) is 20.7 Å². The van der Waals surface area contributed by atoms with Gasteiger partial charge in [-0.3, -0.25) is 33.6 Å². The van der Waals surface area contributed by atoms with Crippen molar-refractivity contribution in [1.82, 2.24) is 25.8 Å². The van der Waals surface area contributed by atoms with E-state index in [9.17, 15) is 48.9 Å². The number of benzene rings is 2. The Morgan fingerprint density at radius 2 is 1.30 bits per heavy atom. The summed E-state index contributed by atoms with van der Waals surface area (Å²) >= 11 is 0. The average Bonchev–Trinajstić information content (AvgIpc) is 3.30. The Morgan fingerprint density at radius 1 is 0.731 bits per heavy atom. The fraction of sp³-hybridized carbons (Fsp3) is 0.635. The predicted octanol–water partition coefficient (Wildman–Crippen LogP) is 6.97. The number of Topliss-reactive ketones (excluding diaryl/α,β-unsaturated/α-hetero) is 2. The molecular formula is C52H79N5O10. The van der Waals surface area contributed by atoms with Gasteiger partial charge in [-0.05, 0) is 62.1 Å². The van der Waals surface area contributed by atoms with E-state index < -0.39 is 71.9 Å². The first-order chi connectivity index (χ1) is 31.9. The summed E-state index contributed by atoms with van der Waals surface area (Å²) in [7, 11) is 2.85. The van der Waals surface area contributed by atoms with E-state index in [2.05, 4.69) is 22.9 Å². The second kappa shape index (κ2) is 28.8. The quantitative estimate of drug-likeness (QED) is 0.0532. The number of hydrogen-bond acceptors (Lipinski definition) is 10. The van der Waals surface area contributed by atoms with Crippen LogP contribution in [0.15, 0.2) is 36.4 Å². The fourth-order valence-corrected chi connectivity index (χ4v) is 8.38. The van der Waals surface area contributed by atoms with Crippen LogP contribution >= 0.6 is 0 Å². The molecule has 0 saturated carbocycles. The molecule has 5 amide bonds. The van der Waals surface area contributed by atoms with Gasteiger partial charge in [0.15, 0.2) is 11.6 Å². The van der Waals surface area contributed by atoms with Gasteiger partial charge in [0.1, 0.15) is 29.6 Å². The minimum Gasteiger partial charge on any atom is -0.507 e. The molecule has 1 aliphatic rings. The number of hydrogen-bond donors (Lipinski definition) is 6. The lowest BCUT2D eigenvalue weighted by molar-refractivity contribution is -0.142. The number of aromatic hydroxyl groups is 2. The lowest BCUT2D eigenvalue weighted by Gasteiger charge is -2.30. The fourth-order valence-electron chi connectivity index (χ4n) is 8.38. The Hall–Kier alpha value is -5.31. The number of phenolic OH excluding ortho intramolecular Hbond substituents is 2. The molecule has 15 nitrogen and oxygen atoms in total. The van der Waals surface area contributed by atoms with Gasteiger partial charge < -0.3 is 41.1 Å². The molecule has 0 spiro atoms. The van der Waals surface area contributed by atoms with Crippen molar-refractivity contribution >= 4 is 41.1 Å². The lowest BCUT2D eigenvalue weighted by atomic mass is 9.89. The van der Waals surface area contributed by atoms with E-state index in [0.29, 0.717) is 18.4 Å². The third-order valence-electron chi connectivity index (χ3n) is 13.1. The third-order valence-corrected chi connectivity index (χ3v) is 13.1. The van der Waals surface area contributed by atoms with Crippen molar-refractivity contribution in [2.45, 2.75) is 187 Å². The van der Waals surface area contributed by atoms with E-state index in [1.165, 1.54) is 113 Å². The molecule has 4 bridgehead atoms. The highest BCUT2D eigenvalue weighted by Crippen LogP contribution is 2.39. The molecule has 2 aromatic carbocycles. The summed E-state index contributed by atoms with van der Waals surface area (Å²) in [5, 5.41) is 40.4. The molecular weight excluding hydrogens is 855 g/mol. The van der Waals surface area contributed by atoms with Crippen LogP contribution in [-0.4, -0.2) is 111 Å². The first-order valence-corrected chi connectivity index (χ1v) is 24.7. The van der Waals surface area contributed by atoms with Crippen LogP contribution < -0.4 is 16.0 Å². The van der Waals surface area contributed by atoms with Gasteiger partial charge in [-0.1, -0.05) is 110 Å². The molecule has 0 aliphatic carbocycles. The van der Waals surface area contributed by atoms with Crippen LogP contribution in [0.2, 0.25) is 0 Å². The maximum atomic E-state index is 14.2. The Bertz CT molecular complexity index is 1970. The van der Waals surface area contributed by atoms with Crippen LogP contribution in [0.3, 0.4) is 0 Å². The smallest absolute Gasteiger partial charge is 0.245 e. The van der Waals surface area contributed by atoms with E-state index >= 15 is 0 Å². The standard InChI is InChI=1S/C52H79N5O10/c1-8-10-11-12-13-14-15-16-17-18-19-20-21-22-47(63)56(6)42(33-58)52(67)54-36(5)43(59)27-28-48(64)57(7)49-38-24-26-45(61)40(32-38)39-30-37(23-25-44(39)60)31-41(51(66)53-35(4)9-2)55-50(65)34(3)29-46(49)62/h23-26,30,32,34-36,41-42,49,58,60-61H,8-22,27-29,31,33H2,1-7H3,(H,53,66)(H,54,67)(H,55,65)/t34-,35+,36-,41+,42-,49+/m1/s1. The number of nitrogens with one attached hydrogen (secondary N) is 3. The highest BCUT2D eigenvalue weighted by Gasteiger charge is 2.34. The van der Waals surface area contributed by atoms with Crippen molar-refractivity contribution in [3.05, 3.63) is 47.5 Å². The summed E-state index contributed by atoms with van der Waals surface area (Å²) in [4.78, 5) is 97.0. The second-order valence-corrected chi connectivity index (χ2v) is 18.6. The molecule has 0 radical (unpaired) electrons. The van der Waals surface area contributed by atoms with Crippen molar-refractivity contribution < 1.29 is 48.9 Å². The van der Waals surface area contributed by atoms with E-state index in [0.717, 1.165) is 19.3 Å². The SMILES string of the molecule is CCCCCCCCCCCCCCCC(=O)N(C)[C@H](CO)C(=O)N[C@H](C)C(=O)CCC(=O)N(C)[C@@H]1C(=O)C[C@@H](C)C(=O)N[C@H](C(=O)N[C@@H](C)CC)Cc2ccc(O)c(c2)-c2cc1ccc2O. The van der Waals surface area contributed by atoms with Crippen molar-refractivity contribution in [1.29, 1.82) is 0 Å². The predicted molar refractivity (Wildman–Crippen MR) is 259 cm³/mol. The molecule has 2 aromatic rings. The molecule has 0 fully saturated rings. The highest BCUT2D eigenvalue weighted by molar-refractivity contribution is 5.97. The van der Waals surface area contributed by atoms with Crippen LogP contribution in [0.5, 0.6) is 11.5 Å². The monoisotopic (exact) mass is 934 g/mol. The Balaban J connectivity index is 1.64. The molecule has 0 unspecified atom stereocenters. The zero-order chi connectivity index (χ0) is 49.6. The number of likely N-dealkylation sites (N-methyl/N-ethyl adjacent to an activating group) is 2. The number of aliphatic hydroxyl groups is 1. The summed E-state index contributed by atoms with van der Waals surface area (Å²) in [6.07, 6.45) is 15.2. The minimum absolute atomic E-state index is 0.0571. The van der Waals surface area contributed by atoms with Crippen LogP contribution in [0.4, 0.5) is 0 Å². The van der Waals surface area contributed by atoms with Gasteiger partial charge in [0.05, 0.1) is 12.6 Å². The topological polar surface area (TPSA) is 223 Å². The third kappa shape index (κ3) is 17.7. The first-order valence-electron chi connectivity index (χ1n) is 24.7. The summed E-state index contributed by atoms with van der Waals surface area (Å²) in [6, 6.07) is 4.16. The van der Waals surface area contributed by atoms with E-state index in [1.54, 1.807) is 19.1 Å². The molecule has 3 rings (SSSR count). The first kappa shape index (κ1) is 56.0. The maximum absolute atomic E-state index is 14.2. The summed E-state index contributed by atoms with van der Waals surface area (Å²) < 4.78 is 0. The van der Waals surface area contributed by atoms with Crippen LogP contribution in [0.25, 0.3) is 11.1 Å². The number of carbonyl (C=O) groups is 7. The maximum Gasteiger partial charge on any atom is 0.245 e. The number of ketones is 2. The van der Waals surface area contributed by atoms with E-state index in [4.69, 9.17) is 0 Å². The van der Waals surface area contributed by atoms with Gasteiger partial charge in [-0.2, -0.15) is 0 Å². The van der Waals surface area contributed by atoms with Crippen molar-refractivity contribution in [3.8, 4) is 22.6 Å². The van der Waals surface area contributed by atoms with Gasteiger partial charge >= 0.3 is 0 Å². The molecule has 67 heavy (non-hydrogen) atoms. The van der Waals surface area contributed by atoms with Gasteiger partial charge in [0.25, 0.3) is 0 Å². The molecule has 0 saturated heterocycles. The average molecular weight is 934 g/mol. The number of fused-ring (bicyclic) bond motifs is 5. The summed E-state index contributed by atoms with van der Waals surface area (Å²) in [5.41, 5.74) is 1.22. The minimum atomic E-state index is -1.29. The Kier molecular flexibility index (Phi) is 24.1. The second-order valence-electron chi connectivity index (χ2n) is 18.6. The van der Waals surface area contributed by atoms with Gasteiger partial charge in [0.2, 0.25) is 29.5 Å². The number of unbranched alkanes of at least 4 members (excludes halogenated alkanes) is 12. The summed E-state index contributed by atoms with van der Waals surface area (Å²) in [5.74, 6) is -4.93. The van der Waals surface area contributed by atoms with Crippen LogP contribution in [0, 0.1) is 5.92 Å². The molecule has 1 heterocycles. The Labute approximate surface area is 398 Å². The number of phenols is 2. The molecule has 6 N–H and O–H groups in total. The molecule has 372 valence electrons. The van der Waals surface area contributed by atoms with Crippen LogP contribution in [0.1, 0.15) is 167 Å². The summed E-state index contributed by atoms with van der Waals surface area (Å²) in [6.45, 7) is 8.33. The van der Waals surface area contributed by atoms with E-state index in [1.807, 2.05) is 13.8 Å².